The summed E-state index contributed by atoms with van der Waals surface area (Å²) in [5.41, 5.74) is 0.724. The Labute approximate surface area is 159 Å². The molecule has 9 heteroatoms. The molecule has 7 nitrogen and oxygen atoms in total. The summed E-state index contributed by atoms with van der Waals surface area (Å²) in [6.45, 7) is 0. The van der Waals surface area contributed by atoms with E-state index >= 15 is 0 Å². The summed E-state index contributed by atoms with van der Waals surface area (Å²) in [4.78, 5) is 36.9. The van der Waals surface area contributed by atoms with Crippen LogP contribution in [0.3, 0.4) is 0 Å². The number of rotatable bonds is 6. The molecule has 0 spiro atoms. The Balaban J connectivity index is 1.74. The molecule has 1 aliphatic heterocycles. The molecule has 0 bridgehead atoms. The van der Waals surface area contributed by atoms with Crippen LogP contribution >= 0.6 is 11.8 Å². The number of hydrogen-bond acceptors (Lipinski definition) is 7. The zero-order valence-corrected chi connectivity index (χ0v) is 15.0. The average Bonchev–Trinajstić information content (AvgIpc) is 3.07. The first kappa shape index (κ1) is 19.0. The van der Waals surface area contributed by atoms with Crippen molar-refractivity contribution in [3.05, 3.63) is 60.2 Å². The first-order valence-electron chi connectivity index (χ1n) is 7.98. The fraction of sp³-hybridized carbons (Fsp3) is 0.167. The highest BCUT2D eigenvalue weighted by atomic mass is 32.2. The van der Waals surface area contributed by atoms with Crippen molar-refractivity contribution >= 4 is 42.3 Å². The van der Waals surface area contributed by atoms with Crippen LogP contribution in [0.25, 0.3) is 0 Å². The van der Waals surface area contributed by atoms with Crippen LogP contribution in [-0.4, -0.2) is 48.6 Å². The van der Waals surface area contributed by atoms with Crippen molar-refractivity contribution in [2.75, 3.05) is 6.26 Å². The third kappa shape index (κ3) is 4.32. The van der Waals surface area contributed by atoms with Crippen molar-refractivity contribution in [3.8, 4) is 0 Å². The van der Waals surface area contributed by atoms with Crippen LogP contribution in [-0.2, 0) is 23.6 Å². The largest absolute Gasteiger partial charge is 0.565 e. The zero-order valence-electron chi connectivity index (χ0n) is 14.2. The number of carboxylic acids is 1. The van der Waals surface area contributed by atoms with Crippen LogP contribution in [0.1, 0.15) is 10.4 Å². The Kier molecular flexibility index (Phi) is 5.83. The molecule has 27 heavy (non-hydrogen) atoms. The van der Waals surface area contributed by atoms with E-state index in [0.29, 0.717) is 5.46 Å². The van der Waals surface area contributed by atoms with Gasteiger partial charge in [-0.15, -0.1) is 11.8 Å². The van der Waals surface area contributed by atoms with Crippen molar-refractivity contribution < 1.29 is 33.5 Å². The van der Waals surface area contributed by atoms with Crippen molar-refractivity contribution in [2.45, 2.75) is 17.1 Å². The van der Waals surface area contributed by atoms with E-state index in [4.69, 9.17) is 14.0 Å². The predicted molar refractivity (Wildman–Crippen MR) is 97.9 cm³/mol. The van der Waals surface area contributed by atoms with E-state index in [1.807, 2.05) is 18.4 Å². The summed E-state index contributed by atoms with van der Waals surface area (Å²) in [5.74, 6) is -3.27. The molecule has 1 saturated heterocycles. The molecular weight excluding hydrogens is 371 g/mol. The molecule has 0 amide bonds. The molecule has 138 valence electrons. The molecule has 0 saturated carbocycles. The van der Waals surface area contributed by atoms with Gasteiger partial charge in [0.25, 0.3) is 0 Å². The lowest BCUT2D eigenvalue weighted by Gasteiger charge is -2.17. The number of carboxylic acid groups (broad SMARTS) is 1. The van der Waals surface area contributed by atoms with E-state index in [1.54, 1.807) is 42.1 Å². The highest BCUT2D eigenvalue weighted by molar-refractivity contribution is 7.98. The number of benzene rings is 2. The number of ether oxygens (including phenoxy) is 1. The maximum atomic E-state index is 12.1. The van der Waals surface area contributed by atoms with Crippen LogP contribution in [0.15, 0.2) is 59.5 Å². The second-order valence-electron chi connectivity index (χ2n) is 5.63. The van der Waals surface area contributed by atoms with Crippen molar-refractivity contribution in [1.29, 1.82) is 0 Å². The normalized spacial score (nSPS) is 17.3. The summed E-state index contributed by atoms with van der Waals surface area (Å²) < 4.78 is 15.6. The molecule has 1 aliphatic rings. The van der Waals surface area contributed by atoms with Gasteiger partial charge < -0.3 is 19.2 Å². The molecule has 2 atom stereocenters. The summed E-state index contributed by atoms with van der Waals surface area (Å²) in [6, 6.07) is 15.0. The van der Waals surface area contributed by atoms with Gasteiger partial charge in [-0.25, -0.2) is 9.59 Å². The average molecular weight is 386 g/mol. The van der Waals surface area contributed by atoms with Crippen LogP contribution < -0.4 is 5.46 Å². The van der Waals surface area contributed by atoms with Gasteiger partial charge in [0.2, 0.25) is 6.10 Å². The quantitative estimate of drug-likeness (QED) is 0.451. The van der Waals surface area contributed by atoms with Crippen molar-refractivity contribution in [3.63, 3.8) is 0 Å². The Morgan fingerprint density at radius 3 is 2.41 bits per heavy atom. The van der Waals surface area contributed by atoms with Crippen molar-refractivity contribution in [2.24, 2.45) is 0 Å². The van der Waals surface area contributed by atoms with E-state index < -0.39 is 37.2 Å². The Hall–Kier alpha value is -2.78. The minimum atomic E-state index is -1.82. The minimum absolute atomic E-state index is 0.166. The van der Waals surface area contributed by atoms with Crippen molar-refractivity contribution in [1.82, 2.24) is 0 Å². The summed E-state index contributed by atoms with van der Waals surface area (Å²) in [7, 11) is -1.06. The van der Waals surface area contributed by atoms with E-state index in [0.717, 1.165) is 4.90 Å². The predicted octanol–water partition coefficient (Wildman–Crippen LogP) is 1.36. The van der Waals surface area contributed by atoms with E-state index in [-0.39, 0.29) is 5.56 Å². The van der Waals surface area contributed by atoms with E-state index in [9.17, 15) is 19.5 Å². The Morgan fingerprint density at radius 1 is 1.15 bits per heavy atom. The monoisotopic (exact) mass is 386 g/mol. The molecule has 2 unspecified atom stereocenters. The zero-order chi connectivity index (χ0) is 19.4. The first-order chi connectivity index (χ1) is 13.0. The molecular formula is C18H15BO7S. The first-order valence-corrected chi connectivity index (χ1v) is 9.21. The number of aliphatic carboxylic acids is 1. The molecule has 1 N–H and O–H groups in total. The second-order valence-corrected chi connectivity index (χ2v) is 6.51. The molecule has 1 fully saturated rings. The highest BCUT2D eigenvalue weighted by Crippen LogP contribution is 2.19. The Bertz CT molecular complexity index is 841. The fourth-order valence-corrected chi connectivity index (χ4v) is 2.90. The number of hydrogen-bond donors (Lipinski definition) is 1. The van der Waals surface area contributed by atoms with E-state index in [1.165, 1.54) is 12.1 Å². The van der Waals surface area contributed by atoms with Gasteiger partial charge in [0.05, 0.1) is 5.56 Å². The molecule has 0 aliphatic carbocycles. The number of esters is 1. The van der Waals surface area contributed by atoms with Gasteiger partial charge in [-0.3, -0.25) is 4.79 Å². The fourth-order valence-electron chi connectivity index (χ4n) is 2.49. The molecule has 2 aromatic carbocycles. The summed E-state index contributed by atoms with van der Waals surface area (Å²) in [6.07, 6.45) is -1.45. The highest BCUT2D eigenvalue weighted by Gasteiger charge is 2.49. The van der Waals surface area contributed by atoms with Gasteiger partial charge in [-0.1, -0.05) is 30.3 Å². The molecule has 0 radical (unpaired) electrons. The van der Waals surface area contributed by atoms with Gasteiger partial charge in [0.1, 0.15) is 0 Å². The van der Waals surface area contributed by atoms with Crippen LogP contribution in [0, 0.1) is 0 Å². The smallest absolute Gasteiger partial charge is 0.504 e. The SMILES string of the molecule is CSc1ccc(B2OC(=O)C(C(OC(=O)c3ccccc3)C(=O)O)O2)cc1. The van der Waals surface area contributed by atoms with Gasteiger partial charge in [-0.05, 0) is 36.0 Å². The maximum absolute atomic E-state index is 12.1. The van der Waals surface area contributed by atoms with Gasteiger partial charge in [-0.2, -0.15) is 0 Å². The lowest BCUT2D eigenvalue weighted by Crippen LogP contribution is -2.43. The summed E-state index contributed by atoms with van der Waals surface area (Å²) in [5, 5.41) is 9.40. The number of carbonyl (C=O) groups is 3. The van der Waals surface area contributed by atoms with E-state index in [2.05, 4.69) is 0 Å². The number of thioether (sulfide) groups is 1. The number of carbonyl (C=O) groups excluding carboxylic acids is 2. The third-order valence-corrected chi connectivity index (χ3v) is 4.62. The van der Waals surface area contributed by atoms with Gasteiger partial charge in [0, 0.05) is 4.90 Å². The van der Waals surface area contributed by atoms with Crippen LogP contribution in [0.5, 0.6) is 0 Å². The van der Waals surface area contributed by atoms with Gasteiger partial charge >= 0.3 is 25.0 Å². The minimum Gasteiger partial charge on any atom is -0.504 e. The maximum Gasteiger partial charge on any atom is 0.565 e. The molecule has 1 heterocycles. The standard InChI is InChI=1S/C18H15BO7S/c1-27-13-9-7-12(8-10-13)19-25-15(18(23)26-19)14(16(20)21)24-17(22)11-5-3-2-4-6-11/h2-10,14-15H,1H3,(H,20,21). The lowest BCUT2D eigenvalue weighted by molar-refractivity contribution is -0.158. The van der Waals surface area contributed by atoms with Crippen LogP contribution in [0.4, 0.5) is 0 Å². The van der Waals surface area contributed by atoms with Gasteiger partial charge in [0.15, 0.2) is 6.10 Å². The van der Waals surface area contributed by atoms with Crippen LogP contribution in [0.2, 0.25) is 0 Å². The Morgan fingerprint density at radius 2 is 1.81 bits per heavy atom. The molecule has 3 rings (SSSR count). The molecule has 0 aromatic heterocycles. The molecule has 2 aromatic rings. The third-order valence-electron chi connectivity index (χ3n) is 3.88. The second kappa shape index (κ2) is 8.28. The summed E-state index contributed by atoms with van der Waals surface area (Å²) >= 11 is 1.55. The topological polar surface area (TPSA) is 99.1 Å². The lowest BCUT2D eigenvalue weighted by atomic mass is 9.79.